The normalized spacial score (nSPS) is 13.8. The quantitative estimate of drug-likeness (QED) is 0.676. The summed E-state index contributed by atoms with van der Waals surface area (Å²) in [4.78, 5) is 27.8. The predicted octanol–water partition coefficient (Wildman–Crippen LogP) is 3.88. The van der Waals surface area contributed by atoms with Crippen molar-refractivity contribution in [1.29, 1.82) is 0 Å². The third kappa shape index (κ3) is 3.89. The van der Waals surface area contributed by atoms with Crippen molar-refractivity contribution in [1.82, 2.24) is 4.98 Å². The van der Waals surface area contributed by atoms with E-state index in [2.05, 4.69) is 4.98 Å². The SMILES string of the molecule is CCc1cc2c(cc1OC(c1ccncc1)c1ccc(C(N)=O)cc1)OCCC2=O. The Kier molecular flexibility index (Phi) is 5.48. The van der Waals surface area contributed by atoms with E-state index in [0.29, 0.717) is 42.1 Å². The molecule has 152 valence electrons. The Morgan fingerprint density at radius 3 is 2.50 bits per heavy atom. The maximum Gasteiger partial charge on any atom is 0.248 e. The highest BCUT2D eigenvalue weighted by atomic mass is 16.5. The molecular formula is C24H22N2O4. The highest BCUT2D eigenvalue weighted by molar-refractivity contribution is 6.00. The summed E-state index contributed by atoms with van der Waals surface area (Å²) in [6.07, 6.45) is 4.08. The summed E-state index contributed by atoms with van der Waals surface area (Å²) >= 11 is 0. The fourth-order valence-corrected chi connectivity index (χ4v) is 3.53. The first-order valence-corrected chi connectivity index (χ1v) is 9.86. The first-order valence-electron chi connectivity index (χ1n) is 9.86. The second kappa shape index (κ2) is 8.37. The molecule has 4 rings (SSSR count). The molecular weight excluding hydrogens is 380 g/mol. The molecule has 0 fully saturated rings. The number of nitrogens with two attached hydrogens (primary N) is 1. The molecule has 0 bridgehead atoms. The Balaban J connectivity index is 1.75. The number of hydrogen-bond donors (Lipinski definition) is 1. The number of Topliss-reactive ketones (excluding diaryl/α,β-unsaturated/α-hetero) is 1. The van der Waals surface area contributed by atoms with Gasteiger partial charge in [0, 0.05) is 30.4 Å². The number of benzene rings is 2. The highest BCUT2D eigenvalue weighted by Gasteiger charge is 2.24. The van der Waals surface area contributed by atoms with Crippen molar-refractivity contribution in [2.75, 3.05) is 6.61 Å². The van der Waals surface area contributed by atoms with Gasteiger partial charge in [0.25, 0.3) is 0 Å². The van der Waals surface area contributed by atoms with Crippen LogP contribution >= 0.6 is 0 Å². The Hall–Kier alpha value is -3.67. The number of ether oxygens (including phenoxy) is 2. The number of aryl methyl sites for hydroxylation is 1. The van der Waals surface area contributed by atoms with Gasteiger partial charge in [-0.15, -0.1) is 0 Å². The van der Waals surface area contributed by atoms with Crippen molar-refractivity contribution in [2.24, 2.45) is 5.73 Å². The molecule has 0 aliphatic carbocycles. The zero-order chi connectivity index (χ0) is 21.1. The molecule has 1 atom stereocenters. The van der Waals surface area contributed by atoms with Gasteiger partial charge in [0.1, 0.15) is 17.6 Å². The van der Waals surface area contributed by atoms with Gasteiger partial charge in [-0.2, -0.15) is 0 Å². The molecule has 6 nitrogen and oxygen atoms in total. The molecule has 1 aliphatic rings. The maximum absolute atomic E-state index is 12.3. The highest BCUT2D eigenvalue weighted by Crippen LogP contribution is 2.37. The molecule has 6 heteroatoms. The van der Waals surface area contributed by atoms with E-state index >= 15 is 0 Å². The molecule has 3 aromatic rings. The Bertz CT molecular complexity index is 1080. The number of hydrogen-bond acceptors (Lipinski definition) is 5. The number of primary amides is 1. The van der Waals surface area contributed by atoms with Crippen LogP contribution in [0.15, 0.2) is 60.9 Å². The number of amides is 1. The average Bonchev–Trinajstić information content (AvgIpc) is 2.78. The average molecular weight is 402 g/mol. The Morgan fingerprint density at radius 1 is 1.13 bits per heavy atom. The monoisotopic (exact) mass is 402 g/mol. The number of carbonyl (C=O) groups is 2. The van der Waals surface area contributed by atoms with Gasteiger partial charge in [0.05, 0.1) is 12.2 Å². The third-order valence-corrected chi connectivity index (χ3v) is 5.18. The van der Waals surface area contributed by atoms with E-state index in [1.807, 2.05) is 37.3 Å². The molecule has 1 aliphatic heterocycles. The summed E-state index contributed by atoms with van der Waals surface area (Å²) < 4.78 is 12.2. The standard InChI is InChI=1S/C24H22N2O4/c1-2-15-13-19-20(27)9-12-29-22(19)14-21(15)30-23(17-7-10-26-11-8-17)16-3-5-18(6-4-16)24(25)28/h3-8,10-11,13-14,23H,2,9,12H2,1H3,(H2,25,28). The number of carbonyl (C=O) groups excluding carboxylic acids is 2. The van der Waals surface area contributed by atoms with Gasteiger partial charge in [0.15, 0.2) is 5.78 Å². The summed E-state index contributed by atoms with van der Waals surface area (Å²) in [7, 11) is 0. The minimum atomic E-state index is -0.479. The summed E-state index contributed by atoms with van der Waals surface area (Å²) in [5, 5.41) is 0. The largest absolute Gasteiger partial charge is 0.492 e. The van der Waals surface area contributed by atoms with E-state index in [4.69, 9.17) is 15.2 Å². The number of rotatable bonds is 6. The molecule has 1 aromatic heterocycles. The molecule has 2 N–H and O–H groups in total. The number of pyridine rings is 1. The molecule has 0 spiro atoms. The summed E-state index contributed by atoms with van der Waals surface area (Å²) in [5.41, 5.74) is 9.11. The second-order valence-electron chi connectivity index (χ2n) is 7.10. The van der Waals surface area contributed by atoms with Crippen LogP contribution in [0.5, 0.6) is 11.5 Å². The van der Waals surface area contributed by atoms with Crippen LogP contribution in [0.3, 0.4) is 0 Å². The lowest BCUT2D eigenvalue weighted by Gasteiger charge is -2.24. The van der Waals surface area contributed by atoms with Gasteiger partial charge in [-0.25, -0.2) is 0 Å². The summed E-state index contributed by atoms with van der Waals surface area (Å²) in [6, 6.07) is 14.5. The van der Waals surface area contributed by atoms with Crippen LogP contribution in [0.1, 0.15) is 56.9 Å². The first-order chi connectivity index (χ1) is 14.6. The number of fused-ring (bicyclic) bond motifs is 1. The van der Waals surface area contributed by atoms with Crippen molar-refractivity contribution in [3.63, 3.8) is 0 Å². The van der Waals surface area contributed by atoms with Crippen LogP contribution in [0, 0.1) is 0 Å². The van der Waals surface area contributed by atoms with E-state index < -0.39 is 12.0 Å². The van der Waals surface area contributed by atoms with E-state index in [9.17, 15) is 9.59 Å². The lowest BCUT2D eigenvalue weighted by atomic mass is 9.98. The molecule has 30 heavy (non-hydrogen) atoms. The van der Waals surface area contributed by atoms with Crippen molar-refractivity contribution in [3.05, 3.63) is 88.7 Å². The molecule has 0 radical (unpaired) electrons. The smallest absolute Gasteiger partial charge is 0.248 e. The Labute approximate surface area is 174 Å². The maximum atomic E-state index is 12.3. The molecule has 1 amide bonds. The van der Waals surface area contributed by atoms with Crippen molar-refractivity contribution in [2.45, 2.75) is 25.9 Å². The van der Waals surface area contributed by atoms with Crippen LogP contribution in [-0.2, 0) is 6.42 Å². The fourth-order valence-electron chi connectivity index (χ4n) is 3.53. The number of aromatic nitrogens is 1. The van der Waals surface area contributed by atoms with Crippen LogP contribution in [0.25, 0.3) is 0 Å². The zero-order valence-corrected chi connectivity index (χ0v) is 16.6. The van der Waals surface area contributed by atoms with Gasteiger partial charge in [-0.05, 0) is 53.4 Å². The van der Waals surface area contributed by atoms with E-state index in [0.717, 1.165) is 16.7 Å². The van der Waals surface area contributed by atoms with Crippen LogP contribution in [0.2, 0.25) is 0 Å². The number of ketones is 1. The third-order valence-electron chi connectivity index (χ3n) is 5.18. The van der Waals surface area contributed by atoms with E-state index in [1.54, 1.807) is 30.6 Å². The predicted molar refractivity (Wildman–Crippen MR) is 112 cm³/mol. The van der Waals surface area contributed by atoms with Gasteiger partial charge >= 0.3 is 0 Å². The van der Waals surface area contributed by atoms with Crippen LogP contribution in [-0.4, -0.2) is 23.3 Å². The van der Waals surface area contributed by atoms with Gasteiger partial charge in [0.2, 0.25) is 5.91 Å². The minimum absolute atomic E-state index is 0.0882. The molecule has 1 unspecified atom stereocenters. The molecule has 0 saturated heterocycles. The van der Waals surface area contributed by atoms with E-state index in [1.165, 1.54) is 0 Å². The summed E-state index contributed by atoms with van der Waals surface area (Å²) in [5.74, 6) is 0.820. The van der Waals surface area contributed by atoms with Crippen LogP contribution < -0.4 is 15.2 Å². The lowest BCUT2D eigenvalue weighted by molar-refractivity contribution is 0.0931. The Morgan fingerprint density at radius 2 is 1.83 bits per heavy atom. The topological polar surface area (TPSA) is 91.5 Å². The number of nitrogens with zero attached hydrogens (tertiary/aromatic N) is 1. The van der Waals surface area contributed by atoms with Crippen molar-refractivity contribution in [3.8, 4) is 11.5 Å². The summed E-state index contributed by atoms with van der Waals surface area (Å²) in [6.45, 7) is 2.39. The fraction of sp³-hybridized carbons (Fsp3) is 0.208. The van der Waals surface area contributed by atoms with Gasteiger partial charge < -0.3 is 15.2 Å². The minimum Gasteiger partial charge on any atom is -0.492 e. The van der Waals surface area contributed by atoms with Gasteiger partial charge in [-0.3, -0.25) is 14.6 Å². The van der Waals surface area contributed by atoms with Gasteiger partial charge in [-0.1, -0.05) is 19.1 Å². The van der Waals surface area contributed by atoms with Crippen molar-refractivity contribution < 1.29 is 19.1 Å². The molecule has 2 heterocycles. The second-order valence-corrected chi connectivity index (χ2v) is 7.10. The molecule has 2 aromatic carbocycles. The lowest BCUT2D eigenvalue weighted by Crippen LogP contribution is -2.17. The van der Waals surface area contributed by atoms with E-state index in [-0.39, 0.29) is 5.78 Å². The van der Waals surface area contributed by atoms with Crippen LogP contribution in [0.4, 0.5) is 0 Å². The zero-order valence-electron chi connectivity index (χ0n) is 16.6. The molecule has 0 saturated carbocycles. The van der Waals surface area contributed by atoms with Crippen molar-refractivity contribution >= 4 is 11.7 Å². The first kappa shape index (κ1) is 19.6.